The highest BCUT2D eigenvalue weighted by atomic mass is 19.4. The van der Waals surface area contributed by atoms with E-state index < -0.39 is 18.2 Å². The van der Waals surface area contributed by atoms with E-state index in [-0.39, 0.29) is 6.54 Å². The van der Waals surface area contributed by atoms with E-state index in [1.54, 1.807) is 24.1 Å². The van der Waals surface area contributed by atoms with Gasteiger partial charge >= 0.3 is 6.18 Å². The molecule has 5 nitrogen and oxygen atoms in total. The first-order chi connectivity index (χ1) is 8.71. The van der Waals surface area contributed by atoms with Crippen molar-refractivity contribution in [3.63, 3.8) is 0 Å². The summed E-state index contributed by atoms with van der Waals surface area (Å²) >= 11 is 0. The molecule has 1 amide bonds. The second kappa shape index (κ2) is 6.05. The third kappa shape index (κ3) is 4.55. The quantitative estimate of drug-likeness (QED) is 0.864. The molecule has 0 aromatic carbocycles. The summed E-state index contributed by atoms with van der Waals surface area (Å²) in [6.45, 7) is 0.140. The van der Waals surface area contributed by atoms with Gasteiger partial charge in [-0.15, -0.1) is 0 Å². The van der Waals surface area contributed by atoms with Crippen LogP contribution in [0.5, 0.6) is 0 Å². The molecule has 1 heterocycles. The average Bonchev–Trinajstić information content (AvgIpc) is 2.71. The lowest BCUT2D eigenvalue weighted by Crippen LogP contribution is -2.45. The van der Waals surface area contributed by atoms with E-state index >= 15 is 0 Å². The van der Waals surface area contributed by atoms with Crippen molar-refractivity contribution in [3.05, 3.63) is 18.0 Å². The maximum Gasteiger partial charge on any atom is 0.423 e. The highest BCUT2D eigenvalue weighted by molar-refractivity contribution is 5.81. The number of halogens is 3. The number of aliphatic hydroxyl groups is 1. The molecule has 0 aliphatic rings. The minimum Gasteiger partial charge on any atom is -0.376 e. The number of aromatic nitrogens is 2. The minimum absolute atomic E-state index is 0.140. The van der Waals surface area contributed by atoms with Gasteiger partial charge in [-0.3, -0.25) is 9.48 Å². The molecule has 0 saturated carbocycles. The fourth-order valence-corrected chi connectivity index (χ4v) is 1.58. The molecule has 0 saturated heterocycles. The third-order valence-corrected chi connectivity index (χ3v) is 2.64. The number of amides is 1. The maximum atomic E-state index is 12.1. The molecule has 108 valence electrons. The van der Waals surface area contributed by atoms with Crippen molar-refractivity contribution >= 4 is 5.91 Å². The van der Waals surface area contributed by atoms with Crippen LogP contribution >= 0.6 is 0 Å². The summed E-state index contributed by atoms with van der Waals surface area (Å²) < 4.78 is 38.0. The molecule has 0 radical (unpaired) electrons. The number of hydrogen-bond donors (Lipinski definition) is 1. The summed E-state index contributed by atoms with van der Waals surface area (Å²) in [7, 11) is 3.00. The minimum atomic E-state index is -4.92. The Bertz CT molecular complexity index is 431. The van der Waals surface area contributed by atoms with Crippen molar-refractivity contribution in [1.82, 2.24) is 14.7 Å². The van der Waals surface area contributed by atoms with E-state index in [1.165, 1.54) is 7.05 Å². The van der Waals surface area contributed by atoms with Gasteiger partial charge in [-0.1, -0.05) is 0 Å². The van der Waals surface area contributed by atoms with Gasteiger partial charge in [-0.05, 0) is 18.4 Å². The van der Waals surface area contributed by atoms with E-state index in [0.717, 1.165) is 10.5 Å². The monoisotopic (exact) mass is 279 g/mol. The van der Waals surface area contributed by atoms with E-state index in [1.807, 2.05) is 0 Å². The van der Waals surface area contributed by atoms with E-state index in [0.29, 0.717) is 12.8 Å². The Morgan fingerprint density at radius 2 is 2.21 bits per heavy atom. The number of carbonyl (C=O) groups is 1. The maximum absolute atomic E-state index is 12.1. The standard InChI is InChI=1S/C11H16F3N3O2/c1-16(10(19)9(18)11(12,13)14)5-3-4-8-6-15-17(2)7-8/h6-7,9,18H,3-5H2,1-2H3/t9-/m0/s1. The molecule has 8 heteroatoms. The Hall–Kier alpha value is -1.57. The second-order valence-corrected chi connectivity index (χ2v) is 4.33. The molecule has 1 aromatic heterocycles. The molecule has 1 N–H and O–H groups in total. The summed E-state index contributed by atoms with van der Waals surface area (Å²) in [6, 6.07) is 0. The molecule has 0 aliphatic heterocycles. The Morgan fingerprint density at radius 1 is 1.58 bits per heavy atom. The normalized spacial score (nSPS) is 13.4. The number of rotatable bonds is 5. The number of aryl methyl sites for hydroxylation is 2. The van der Waals surface area contributed by atoms with Crippen LogP contribution in [0.3, 0.4) is 0 Å². The van der Waals surface area contributed by atoms with Gasteiger partial charge < -0.3 is 10.0 Å². The fourth-order valence-electron chi connectivity index (χ4n) is 1.58. The molecular formula is C11H16F3N3O2. The second-order valence-electron chi connectivity index (χ2n) is 4.33. The smallest absolute Gasteiger partial charge is 0.376 e. The van der Waals surface area contributed by atoms with E-state index in [2.05, 4.69) is 5.10 Å². The highest BCUT2D eigenvalue weighted by Crippen LogP contribution is 2.21. The lowest BCUT2D eigenvalue weighted by molar-refractivity contribution is -0.210. The number of hydrogen-bond acceptors (Lipinski definition) is 3. The van der Waals surface area contributed by atoms with E-state index in [4.69, 9.17) is 5.11 Å². The molecule has 0 fully saturated rings. The molecular weight excluding hydrogens is 263 g/mol. The summed E-state index contributed by atoms with van der Waals surface area (Å²) in [5.74, 6) is -1.33. The Labute approximate surface area is 108 Å². The Morgan fingerprint density at radius 3 is 2.68 bits per heavy atom. The van der Waals surface area contributed by atoms with Gasteiger partial charge in [0, 0.05) is 26.8 Å². The van der Waals surface area contributed by atoms with Gasteiger partial charge in [0.1, 0.15) is 0 Å². The van der Waals surface area contributed by atoms with Crippen molar-refractivity contribution in [2.24, 2.45) is 7.05 Å². The third-order valence-electron chi connectivity index (χ3n) is 2.64. The van der Waals surface area contributed by atoms with Crippen LogP contribution in [0.25, 0.3) is 0 Å². The number of likely N-dealkylation sites (N-methyl/N-ethyl adjacent to an activating group) is 1. The predicted molar refractivity (Wildman–Crippen MR) is 61.2 cm³/mol. The van der Waals surface area contributed by atoms with Crippen LogP contribution in [0, 0.1) is 0 Å². The molecule has 1 aromatic rings. The van der Waals surface area contributed by atoms with Crippen LogP contribution in [0.4, 0.5) is 13.2 Å². The fraction of sp³-hybridized carbons (Fsp3) is 0.636. The summed E-state index contributed by atoms with van der Waals surface area (Å²) in [5, 5.41) is 12.8. The van der Waals surface area contributed by atoms with Crippen molar-refractivity contribution in [2.75, 3.05) is 13.6 Å². The molecule has 19 heavy (non-hydrogen) atoms. The molecule has 0 bridgehead atoms. The van der Waals surface area contributed by atoms with Crippen LogP contribution in [0.1, 0.15) is 12.0 Å². The van der Waals surface area contributed by atoms with Gasteiger partial charge in [-0.2, -0.15) is 18.3 Å². The number of alkyl halides is 3. The van der Waals surface area contributed by atoms with Gasteiger partial charge in [0.15, 0.2) is 0 Å². The van der Waals surface area contributed by atoms with Crippen LogP contribution in [-0.2, 0) is 18.3 Å². The van der Waals surface area contributed by atoms with Crippen molar-refractivity contribution in [2.45, 2.75) is 25.1 Å². The van der Waals surface area contributed by atoms with Crippen LogP contribution in [0.15, 0.2) is 12.4 Å². The van der Waals surface area contributed by atoms with Crippen molar-refractivity contribution in [3.8, 4) is 0 Å². The summed E-state index contributed by atoms with van der Waals surface area (Å²) in [5.41, 5.74) is 0.944. The number of carbonyl (C=O) groups excluding carboxylic acids is 1. The first-order valence-corrected chi connectivity index (χ1v) is 5.69. The van der Waals surface area contributed by atoms with Gasteiger partial charge in [0.25, 0.3) is 5.91 Å². The van der Waals surface area contributed by atoms with Gasteiger partial charge in [0.2, 0.25) is 6.10 Å². The van der Waals surface area contributed by atoms with Crippen LogP contribution in [0.2, 0.25) is 0 Å². The zero-order valence-corrected chi connectivity index (χ0v) is 10.7. The predicted octanol–water partition coefficient (Wildman–Crippen LogP) is 0.734. The lowest BCUT2D eigenvalue weighted by Gasteiger charge is -2.21. The molecule has 1 atom stereocenters. The average molecular weight is 279 g/mol. The Kier molecular flexibility index (Phi) is 4.93. The number of nitrogens with zero attached hydrogens (tertiary/aromatic N) is 3. The largest absolute Gasteiger partial charge is 0.423 e. The van der Waals surface area contributed by atoms with Crippen molar-refractivity contribution < 1.29 is 23.1 Å². The van der Waals surface area contributed by atoms with Gasteiger partial charge in [0.05, 0.1) is 6.20 Å². The van der Waals surface area contributed by atoms with Crippen LogP contribution < -0.4 is 0 Å². The zero-order valence-electron chi connectivity index (χ0n) is 10.7. The Balaban J connectivity index is 2.39. The first-order valence-electron chi connectivity index (χ1n) is 5.69. The zero-order chi connectivity index (χ0) is 14.6. The summed E-state index contributed by atoms with van der Waals surface area (Å²) in [6.07, 6.45) is -3.31. The molecule has 0 unspecified atom stereocenters. The van der Waals surface area contributed by atoms with Crippen molar-refractivity contribution in [1.29, 1.82) is 0 Å². The van der Waals surface area contributed by atoms with Gasteiger partial charge in [-0.25, -0.2) is 0 Å². The number of aliphatic hydroxyl groups excluding tert-OH is 1. The SMILES string of the molecule is CN(CCCc1cnn(C)c1)C(=O)[C@H](O)C(F)(F)F. The summed E-state index contributed by atoms with van der Waals surface area (Å²) in [4.78, 5) is 12.2. The van der Waals surface area contributed by atoms with E-state index in [9.17, 15) is 18.0 Å². The molecule has 0 spiro atoms. The van der Waals surface area contributed by atoms with Crippen LogP contribution in [-0.4, -0.2) is 51.6 Å². The topological polar surface area (TPSA) is 58.4 Å². The first kappa shape index (κ1) is 15.5. The molecule has 0 aliphatic carbocycles. The molecule has 1 rings (SSSR count). The highest BCUT2D eigenvalue weighted by Gasteiger charge is 2.44. The lowest BCUT2D eigenvalue weighted by atomic mass is 10.2.